The monoisotopic (exact) mass is 314 g/mol. The van der Waals surface area contributed by atoms with E-state index in [9.17, 15) is 4.79 Å². The van der Waals surface area contributed by atoms with Gasteiger partial charge >= 0.3 is 0 Å². The Labute approximate surface area is 133 Å². The fraction of sp³-hybridized carbons (Fsp3) is 0.235. The number of fused-ring (bicyclic) bond motifs is 3. The summed E-state index contributed by atoms with van der Waals surface area (Å²) in [5.41, 5.74) is 1.88. The van der Waals surface area contributed by atoms with Crippen LogP contribution in [-0.4, -0.2) is 30.5 Å². The summed E-state index contributed by atoms with van der Waals surface area (Å²) in [6.45, 7) is 1.57. The lowest BCUT2D eigenvalue weighted by Gasteiger charge is -2.36. The van der Waals surface area contributed by atoms with Crippen LogP contribution in [0.15, 0.2) is 48.5 Å². The molecule has 4 nitrogen and oxygen atoms in total. The van der Waals surface area contributed by atoms with Gasteiger partial charge in [-0.15, -0.1) is 0 Å². The van der Waals surface area contributed by atoms with Crippen LogP contribution in [0.25, 0.3) is 0 Å². The molecule has 2 heterocycles. The number of carbonyl (C=O) groups excluding carboxylic acids is 1. The van der Waals surface area contributed by atoms with Gasteiger partial charge < -0.3 is 10.1 Å². The molecule has 1 unspecified atom stereocenters. The summed E-state index contributed by atoms with van der Waals surface area (Å²) in [6, 6.07) is 15.5. The van der Waals surface area contributed by atoms with E-state index in [1.54, 1.807) is 6.07 Å². The number of nitrogens with one attached hydrogen (secondary N) is 1. The number of amides is 1. The van der Waals surface area contributed by atoms with Gasteiger partial charge in [-0.3, -0.25) is 9.69 Å². The van der Waals surface area contributed by atoms with Crippen molar-refractivity contribution in [2.75, 3.05) is 25.0 Å². The third-order valence-corrected chi connectivity index (χ3v) is 4.47. The smallest absolute Gasteiger partial charge is 0.238 e. The van der Waals surface area contributed by atoms with Crippen molar-refractivity contribution in [3.05, 3.63) is 64.7 Å². The molecule has 2 aromatic carbocycles. The molecule has 0 bridgehead atoms. The highest BCUT2D eigenvalue weighted by atomic mass is 35.5. The SMILES string of the molecule is O=C1CN2CCOC2(c2ccccc2)c2cc(Cl)ccc2N1. The number of halogens is 1. The molecule has 0 radical (unpaired) electrons. The Morgan fingerprint density at radius 2 is 2.00 bits per heavy atom. The highest BCUT2D eigenvalue weighted by Crippen LogP contribution is 2.45. The van der Waals surface area contributed by atoms with Crippen LogP contribution in [0.1, 0.15) is 11.1 Å². The predicted molar refractivity (Wildman–Crippen MR) is 84.8 cm³/mol. The summed E-state index contributed by atoms with van der Waals surface area (Å²) in [5, 5.41) is 3.58. The standard InChI is InChI=1S/C17H15ClN2O2/c18-13-6-7-15-14(10-13)17(12-4-2-1-3-5-12)20(8-9-22-17)11-16(21)19-15/h1-7,10H,8-9,11H2,(H,19,21). The minimum absolute atomic E-state index is 0.0353. The van der Waals surface area contributed by atoms with E-state index < -0.39 is 5.72 Å². The summed E-state index contributed by atoms with van der Waals surface area (Å²) >= 11 is 6.22. The molecule has 1 saturated heterocycles. The van der Waals surface area contributed by atoms with E-state index in [-0.39, 0.29) is 5.91 Å². The van der Waals surface area contributed by atoms with Gasteiger partial charge in [0.05, 0.1) is 13.2 Å². The molecule has 5 heteroatoms. The van der Waals surface area contributed by atoms with Crippen LogP contribution in [0, 0.1) is 0 Å². The lowest BCUT2D eigenvalue weighted by atomic mass is 9.92. The highest BCUT2D eigenvalue weighted by molar-refractivity contribution is 6.30. The molecule has 2 aromatic rings. The van der Waals surface area contributed by atoms with Gasteiger partial charge in [-0.05, 0) is 18.2 Å². The average molecular weight is 315 g/mol. The lowest BCUT2D eigenvalue weighted by molar-refractivity contribution is -0.120. The van der Waals surface area contributed by atoms with Crippen molar-refractivity contribution in [2.45, 2.75) is 5.72 Å². The van der Waals surface area contributed by atoms with E-state index in [1.165, 1.54) is 0 Å². The van der Waals surface area contributed by atoms with Crippen molar-refractivity contribution in [3.8, 4) is 0 Å². The summed E-state index contributed by atoms with van der Waals surface area (Å²) in [4.78, 5) is 14.3. The third-order valence-electron chi connectivity index (χ3n) is 4.24. The molecule has 0 aliphatic carbocycles. The van der Waals surface area contributed by atoms with Gasteiger partial charge in [0.2, 0.25) is 5.91 Å². The molecule has 0 spiro atoms. The van der Waals surface area contributed by atoms with E-state index in [1.807, 2.05) is 42.5 Å². The van der Waals surface area contributed by atoms with E-state index in [4.69, 9.17) is 16.3 Å². The van der Waals surface area contributed by atoms with Crippen LogP contribution in [-0.2, 0) is 15.3 Å². The van der Waals surface area contributed by atoms with Crippen LogP contribution in [0.5, 0.6) is 0 Å². The number of benzene rings is 2. The Hall–Kier alpha value is -1.88. The van der Waals surface area contributed by atoms with E-state index in [0.29, 0.717) is 24.7 Å². The van der Waals surface area contributed by atoms with Gasteiger partial charge in [0.1, 0.15) is 0 Å². The molecule has 0 aromatic heterocycles. The minimum atomic E-state index is -0.763. The zero-order valence-electron chi connectivity index (χ0n) is 11.9. The van der Waals surface area contributed by atoms with Gasteiger partial charge in [0.25, 0.3) is 0 Å². The molecule has 112 valence electrons. The average Bonchev–Trinajstić information content (AvgIpc) is 2.89. The first-order valence-electron chi connectivity index (χ1n) is 7.24. The maximum Gasteiger partial charge on any atom is 0.238 e. The summed E-state index contributed by atoms with van der Waals surface area (Å²) in [6.07, 6.45) is 0. The number of rotatable bonds is 1. The number of hydrogen-bond donors (Lipinski definition) is 1. The van der Waals surface area contributed by atoms with E-state index in [2.05, 4.69) is 10.2 Å². The molecular formula is C17H15ClN2O2. The maximum atomic E-state index is 12.2. The Morgan fingerprint density at radius 1 is 1.18 bits per heavy atom. The summed E-state index contributed by atoms with van der Waals surface area (Å²) in [5.74, 6) is -0.0353. The molecule has 1 N–H and O–H groups in total. The zero-order chi connectivity index (χ0) is 15.2. The predicted octanol–water partition coefficient (Wildman–Crippen LogP) is 2.83. The number of carbonyl (C=O) groups is 1. The second kappa shape index (κ2) is 5.09. The first-order valence-corrected chi connectivity index (χ1v) is 7.62. The third kappa shape index (κ3) is 1.96. The number of nitrogens with zero attached hydrogens (tertiary/aromatic N) is 1. The van der Waals surface area contributed by atoms with Crippen molar-refractivity contribution in [3.63, 3.8) is 0 Å². The Balaban J connectivity index is 2.01. The molecule has 0 saturated carbocycles. The van der Waals surface area contributed by atoms with Gasteiger partial charge in [-0.2, -0.15) is 0 Å². The molecule has 4 rings (SSSR count). The Bertz CT molecular complexity index is 735. The molecule has 2 aliphatic rings. The topological polar surface area (TPSA) is 41.6 Å². The molecular weight excluding hydrogens is 300 g/mol. The first-order chi connectivity index (χ1) is 10.7. The van der Waals surface area contributed by atoms with E-state index >= 15 is 0 Å². The van der Waals surface area contributed by atoms with Crippen LogP contribution < -0.4 is 5.32 Å². The number of anilines is 1. The molecule has 1 atom stereocenters. The Morgan fingerprint density at radius 3 is 2.82 bits per heavy atom. The van der Waals surface area contributed by atoms with Crippen LogP contribution in [0.4, 0.5) is 5.69 Å². The lowest BCUT2D eigenvalue weighted by Crippen LogP contribution is -2.44. The van der Waals surface area contributed by atoms with Crippen molar-refractivity contribution in [2.24, 2.45) is 0 Å². The molecule has 1 amide bonds. The van der Waals surface area contributed by atoms with Gasteiger partial charge in [-0.1, -0.05) is 41.9 Å². The highest BCUT2D eigenvalue weighted by Gasteiger charge is 2.49. The quantitative estimate of drug-likeness (QED) is 0.880. The fourth-order valence-corrected chi connectivity index (χ4v) is 3.52. The van der Waals surface area contributed by atoms with Crippen molar-refractivity contribution >= 4 is 23.2 Å². The maximum absolute atomic E-state index is 12.2. The van der Waals surface area contributed by atoms with Crippen molar-refractivity contribution in [1.29, 1.82) is 0 Å². The molecule has 1 fully saturated rings. The van der Waals surface area contributed by atoms with E-state index in [0.717, 1.165) is 16.8 Å². The summed E-state index contributed by atoms with van der Waals surface area (Å²) in [7, 11) is 0. The van der Waals surface area contributed by atoms with Crippen molar-refractivity contribution < 1.29 is 9.53 Å². The summed E-state index contributed by atoms with van der Waals surface area (Å²) < 4.78 is 6.22. The second-order valence-corrected chi connectivity index (χ2v) is 5.95. The fourth-order valence-electron chi connectivity index (χ4n) is 3.35. The first kappa shape index (κ1) is 13.8. The largest absolute Gasteiger partial charge is 0.350 e. The zero-order valence-corrected chi connectivity index (χ0v) is 12.6. The number of ether oxygens (including phenoxy) is 1. The van der Waals surface area contributed by atoms with Crippen LogP contribution in [0.3, 0.4) is 0 Å². The normalized spacial score (nSPS) is 24.3. The minimum Gasteiger partial charge on any atom is -0.350 e. The van der Waals surface area contributed by atoms with Crippen LogP contribution >= 0.6 is 11.6 Å². The Kier molecular flexibility index (Phi) is 3.18. The van der Waals surface area contributed by atoms with Gasteiger partial charge in [0.15, 0.2) is 5.72 Å². The molecule has 2 aliphatic heterocycles. The van der Waals surface area contributed by atoms with Crippen LogP contribution in [0.2, 0.25) is 5.02 Å². The number of hydrogen-bond acceptors (Lipinski definition) is 3. The molecule has 22 heavy (non-hydrogen) atoms. The second-order valence-electron chi connectivity index (χ2n) is 5.52. The van der Waals surface area contributed by atoms with Crippen molar-refractivity contribution in [1.82, 2.24) is 4.90 Å². The van der Waals surface area contributed by atoms with Gasteiger partial charge in [-0.25, -0.2) is 0 Å². The van der Waals surface area contributed by atoms with Gasteiger partial charge in [0, 0.05) is 28.4 Å².